The number of aliphatic hydroxyl groups excluding tert-OH is 1. The van der Waals surface area contributed by atoms with Gasteiger partial charge in [-0.25, -0.2) is 0 Å². The van der Waals surface area contributed by atoms with Crippen LogP contribution in [-0.4, -0.2) is 23.4 Å². The molecular weight excluding hydrogens is 266 g/mol. The molecule has 4 nitrogen and oxygen atoms in total. The molecule has 4 heteroatoms. The number of fused-ring (bicyclic) bond motifs is 1. The number of aliphatic hydroxyl groups is 1. The Bertz CT molecular complexity index is 577. The Kier molecular flexibility index (Phi) is 3.57. The van der Waals surface area contributed by atoms with Crippen molar-refractivity contribution in [2.24, 2.45) is 17.1 Å². The molecule has 0 aromatic heterocycles. The summed E-state index contributed by atoms with van der Waals surface area (Å²) in [6.07, 6.45) is 5.39. The molecule has 1 fully saturated rings. The number of rotatable bonds is 3. The van der Waals surface area contributed by atoms with Crippen molar-refractivity contribution < 1.29 is 14.7 Å². The normalized spacial score (nSPS) is 29.4. The van der Waals surface area contributed by atoms with Gasteiger partial charge in [0.2, 0.25) is 5.91 Å². The molecule has 2 aliphatic rings. The van der Waals surface area contributed by atoms with Crippen LogP contribution in [-0.2, 0) is 4.79 Å². The van der Waals surface area contributed by atoms with Crippen molar-refractivity contribution in [2.75, 3.05) is 6.61 Å². The van der Waals surface area contributed by atoms with Gasteiger partial charge in [0.25, 0.3) is 0 Å². The maximum atomic E-state index is 12.8. The highest BCUT2D eigenvalue weighted by Gasteiger charge is 2.59. The minimum absolute atomic E-state index is 0.242. The molecule has 3 N–H and O–H groups in total. The Balaban J connectivity index is 2.15. The minimum atomic E-state index is -1.47. The second kappa shape index (κ2) is 5.26. The van der Waals surface area contributed by atoms with Crippen molar-refractivity contribution in [3.05, 3.63) is 35.4 Å². The number of hydrogen-bond donors (Lipinski definition) is 2. The SMILES string of the molecule is NC(=O)C1(CO)C(=O)c2ccccc2C1C1CCCCC1. The lowest BCUT2D eigenvalue weighted by molar-refractivity contribution is -0.129. The number of hydrogen-bond acceptors (Lipinski definition) is 3. The van der Waals surface area contributed by atoms with Crippen LogP contribution >= 0.6 is 0 Å². The maximum Gasteiger partial charge on any atom is 0.234 e. The first kappa shape index (κ1) is 14.3. The van der Waals surface area contributed by atoms with Crippen LogP contribution in [0.4, 0.5) is 0 Å². The first-order valence-corrected chi connectivity index (χ1v) is 7.67. The molecule has 1 aromatic carbocycles. The molecule has 0 spiro atoms. The molecule has 0 saturated heterocycles. The third kappa shape index (κ3) is 1.93. The molecule has 1 aromatic rings. The Hall–Kier alpha value is -1.68. The van der Waals surface area contributed by atoms with Crippen LogP contribution in [0.15, 0.2) is 24.3 Å². The van der Waals surface area contributed by atoms with Crippen LogP contribution in [0.3, 0.4) is 0 Å². The molecule has 0 radical (unpaired) electrons. The molecule has 1 saturated carbocycles. The van der Waals surface area contributed by atoms with Crippen molar-refractivity contribution in [3.63, 3.8) is 0 Å². The number of amides is 1. The molecule has 21 heavy (non-hydrogen) atoms. The summed E-state index contributed by atoms with van der Waals surface area (Å²) < 4.78 is 0. The quantitative estimate of drug-likeness (QED) is 0.834. The fourth-order valence-corrected chi connectivity index (χ4v) is 4.26. The van der Waals surface area contributed by atoms with Gasteiger partial charge in [-0.1, -0.05) is 43.5 Å². The topological polar surface area (TPSA) is 80.4 Å². The van der Waals surface area contributed by atoms with E-state index in [4.69, 9.17) is 5.73 Å². The van der Waals surface area contributed by atoms with Crippen LogP contribution < -0.4 is 5.73 Å². The molecule has 3 rings (SSSR count). The van der Waals surface area contributed by atoms with Gasteiger partial charge >= 0.3 is 0 Å². The summed E-state index contributed by atoms with van der Waals surface area (Å²) in [7, 11) is 0. The van der Waals surface area contributed by atoms with E-state index in [-0.39, 0.29) is 17.6 Å². The van der Waals surface area contributed by atoms with E-state index < -0.39 is 17.9 Å². The summed E-state index contributed by atoms with van der Waals surface area (Å²) in [4.78, 5) is 24.9. The molecule has 2 unspecified atom stereocenters. The van der Waals surface area contributed by atoms with E-state index >= 15 is 0 Å². The van der Waals surface area contributed by atoms with Gasteiger partial charge < -0.3 is 10.8 Å². The second-order valence-electron chi connectivity index (χ2n) is 6.29. The summed E-state index contributed by atoms with van der Waals surface area (Å²) >= 11 is 0. The highest BCUT2D eigenvalue weighted by atomic mass is 16.3. The van der Waals surface area contributed by atoms with Crippen molar-refractivity contribution in [1.82, 2.24) is 0 Å². The largest absolute Gasteiger partial charge is 0.395 e. The van der Waals surface area contributed by atoms with Crippen molar-refractivity contribution in [1.29, 1.82) is 0 Å². The van der Waals surface area contributed by atoms with E-state index in [1.807, 2.05) is 12.1 Å². The maximum absolute atomic E-state index is 12.8. The van der Waals surface area contributed by atoms with Gasteiger partial charge in [0.05, 0.1) is 6.61 Å². The Morgan fingerprint density at radius 1 is 1.24 bits per heavy atom. The molecule has 0 heterocycles. The molecule has 0 aliphatic heterocycles. The van der Waals surface area contributed by atoms with E-state index in [0.29, 0.717) is 5.56 Å². The Labute approximate surface area is 124 Å². The molecule has 112 valence electrons. The van der Waals surface area contributed by atoms with Crippen LogP contribution in [0.2, 0.25) is 0 Å². The Morgan fingerprint density at radius 2 is 1.90 bits per heavy atom. The lowest BCUT2D eigenvalue weighted by Gasteiger charge is -2.37. The van der Waals surface area contributed by atoms with Crippen molar-refractivity contribution in [2.45, 2.75) is 38.0 Å². The molecule has 2 atom stereocenters. The van der Waals surface area contributed by atoms with Gasteiger partial charge in [-0.3, -0.25) is 9.59 Å². The predicted molar refractivity (Wildman–Crippen MR) is 78.8 cm³/mol. The molecule has 2 aliphatic carbocycles. The summed E-state index contributed by atoms with van der Waals surface area (Å²) in [6, 6.07) is 7.33. The average molecular weight is 287 g/mol. The van der Waals surface area contributed by atoms with Crippen LogP contribution in [0.1, 0.15) is 53.9 Å². The predicted octanol–water partition coefficient (Wildman–Crippen LogP) is 2.01. The van der Waals surface area contributed by atoms with Gasteiger partial charge in [0.1, 0.15) is 5.41 Å². The summed E-state index contributed by atoms with van der Waals surface area (Å²) in [5.74, 6) is -1.03. The first-order chi connectivity index (χ1) is 10.1. The van der Waals surface area contributed by atoms with Gasteiger partial charge in [-0.05, 0) is 24.3 Å². The standard InChI is InChI=1S/C17H21NO3/c18-16(21)17(10-19)14(11-6-2-1-3-7-11)12-8-4-5-9-13(12)15(17)20/h4-5,8-9,11,14,19H,1-3,6-7,10H2,(H2,18,21). The highest BCUT2D eigenvalue weighted by molar-refractivity contribution is 6.18. The van der Waals surface area contributed by atoms with Crippen molar-refractivity contribution in [3.8, 4) is 0 Å². The smallest absolute Gasteiger partial charge is 0.234 e. The fraction of sp³-hybridized carbons (Fsp3) is 0.529. The van der Waals surface area contributed by atoms with Gasteiger partial charge in [0, 0.05) is 11.5 Å². The minimum Gasteiger partial charge on any atom is -0.395 e. The average Bonchev–Trinajstić information content (AvgIpc) is 2.78. The first-order valence-electron chi connectivity index (χ1n) is 7.67. The van der Waals surface area contributed by atoms with Gasteiger partial charge in [0.15, 0.2) is 5.78 Å². The second-order valence-corrected chi connectivity index (χ2v) is 6.29. The lowest BCUT2D eigenvalue weighted by atomic mass is 9.65. The third-order valence-electron chi connectivity index (χ3n) is 5.29. The number of ketones is 1. The summed E-state index contributed by atoms with van der Waals surface area (Å²) in [5.41, 5.74) is 5.57. The number of carbonyl (C=O) groups excluding carboxylic acids is 2. The number of primary amides is 1. The zero-order chi connectivity index (χ0) is 15.0. The molecular formula is C17H21NO3. The van der Waals surface area contributed by atoms with E-state index in [9.17, 15) is 14.7 Å². The highest BCUT2D eigenvalue weighted by Crippen LogP contribution is 2.53. The molecule has 0 bridgehead atoms. The number of Topliss-reactive ketones (excluding diaryl/α,β-unsaturated/α-hetero) is 1. The van der Waals surface area contributed by atoms with Gasteiger partial charge in [-0.15, -0.1) is 0 Å². The lowest BCUT2D eigenvalue weighted by Crippen LogP contribution is -2.49. The van der Waals surface area contributed by atoms with E-state index in [1.165, 1.54) is 6.42 Å². The Morgan fingerprint density at radius 3 is 2.52 bits per heavy atom. The number of carbonyl (C=O) groups is 2. The van der Waals surface area contributed by atoms with Gasteiger partial charge in [-0.2, -0.15) is 0 Å². The summed E-state index contributed by atoms with van der Waals surface area (Å²) in [6.45, 7) is -0.503. The summed E-state index contributed by atoms with van der Waals surface area (Å²) in [5, 5.41) is 9.91. The zero-order valence-electron chi connectivity index (χ0n) is 12.0. The van der Waals surface area contributed by atoms with Crippen molar-refractivity contribution >= 4 is 11.7 Å². The molecule has 1 amide bonds. The van der Waals surface area contributed by atoms with Crippen LogP contribution in [0, 0.1) is 11.3 Å². The third-order valence-corrected chi connectivity index (χ3v) is 5.29. The zero-order valence-corrected chi connectivity index (χ0v) is 12.0. The van der Waals surface area contributed by atoms with E-state index in [2.05, 4.69) is 0 Å². The van der Waals surface area contributed by atoms with E-state index in [1.54, 1.807) is 12.1 Å². The van der Waals surface area contributed by atoms with E-state index in [0.717, 1.165) is 31.2 Å². The van der Waals surface area contributed by atoms with Crippen LogP contribution in [0.25, 0.3) is 0 Å². The fourth-order valence-electron chi connectivity index (χ4n) is 4.26. The number of benzene rings is 1. The number of nitrogens with two attached hydrogens (primary N) is 1. The van der Waals surface area contributed by atoms with Crippen LogP contribution in [0.5, 0.6) is 0 Å². The monoisotopic (exact) mass is 287 g/mol.